The average molecular weight is 501 g/mol. The van der Waals surface area contributed by atoms with Gasteiger partial charge in [0.05, 0.1) is 24.5 Å². The van der Waals surface area contributed by atoms with Gasteiger partial charge in [0.25, 0.3) is 5.91 Å². The molecule has 0 saturated carbocycles. The lowest BCUT2D eigenvalue weighted by molar-refractivity contribution is 0.0948. The molecular formula is C24H25BrN2O3S. The third-order valence-electron chi connectivity index (χ3n) is 5.04. The zero-order valence-electron chi connectivity index (χ0n) is 17.6. The Morgan fingerprint density at radius 2 is 2.16 bits per heavy atom. The third-order valence-corrected chi connectivity index (χ3v) is 6.73. The summed E-state index contributed by atoms with van der Waals surface area (Å²) in [6.45, 7) is 4.35. The highest BCUT2D eigenvalue weighted by molar-refractivity contribution is 9.10. The second-order valence-electron chi connectivity index (χ2n) is 7.76. The van der Waals surface area contributed by atoms with Crippen molar-refractivity contribution < 1.29 is 13.9 Å². The second-order valence-corrected chi connectivity index (χ2v) is 9.76. The first kappa shape index (κ1) is 21.8. The van der Waals surface area contributed by atoms with Gasteiger partial charge < -0.3 is 14.5 Å². The Morgan fingerprint density at radius 3 is 2.94 bits per heavy atom. The predicted octanol–water partition coefficient (Wildman–Crippen LogP) is 6.45. The molecule has 1 N–H and O–H groups in total. The first-order valence-electron chi connectivity index (χ1n) is 10.5. The van der Waals surface area contributed by atoms with E-state index in [4.69, 9.17) is 14.1 Å². The van der Waals surface area contributed by atoms with Crippen molar-refractivity contribution in [2.24, 2.45) is 4.99 Å². The number of furan rings is 1. The van der Waals surface area contributed by atoms with Gasteiger partial charge in [-0.15, -0.1) is 11.3 Å². The first-order chi connectivity index (χ1) is 15.0. The Hall–Kier alpha value is -2.38. The number of benzene rings is 1. The maximum atomic E-state index is 13.1. The lowest BCUT2D eigenvalue weighted by atomic mass is 9.95. The number of nitrogens with one attached hydrogen (secondary N) is 1. The molecule has 1 aliphatic rings. The molecule has 0 saturated heterocycles. The number of aliphatic imine (C=N–C) groups is 1. The van der Waals surface area contributed by atoms with Gasteiger partial charge in [0.15, 0.2) is 0 Å². The van der Waals surface area contributed by atoms with E-state index >= 15 is 0 Å². The molecule has 4 rings (SSSR count). The Kier molecular flexibility index (Phi) is 6.92. The third kappa shape index (κ3) is 5.28. The summed E-state index contributed by atoms with van der Waals surface area (Å²) in [7, 11) is 0. The summed E-state index contributed by atoms with van der Waals surface area (Å²) in [4.78, 5) is 19.2. The smallest absolute Gasteiger partial charge is 0.255 e. The van der Waals surface area contributed by atoms with Crippen molar-refractivity contribution >= 4 is 44.4 Å². The van der Waals surface area contributed by atoms with E-state index in [1.807, 2.05) is 44.2 Å². The minimum absolute atomic E-state index is 0.0605. The minimum atomic E-state index is -0.101. The van der Waals surface area contributed by atoms with Crippen LogP contribution >= 0.6 is 27.3 Å². The number of amides is 1. The average Bonchev–Trinajstić information content (AvgIpc) is 3.39. The molecule has 31 heavy (non-hydrogen) atoms. The van der Waals surface area contributed by atoms with Gasteiger partial charge in [-0.1, -0.05) is 15.9 Å². The maximum absolute atomic E-state index is 13.1. The molecule has 0 fully saturated rings. The van der Waals surface area contributed by atoms with Crippen LogP contribution in [0.4, 0.5) is 5.00 Å². The summed E-state index contributed by atoms with van der Waals surface area (Å²) in [6, 6.07) is 9.53. The quantitative estimate of drug-likeness (QED) is 0.379. The molecule has 1 aliphatic carbocycles. The zero-order chi connectivity index (χ0) is 21.8. The fraction of sp³-hybridized carbons (Fsp3) is 0.333. The highest BCUT2D eigenvalue weighted by Gasteiger charge is 2.25. The molecule has 5 nitrogen and oxygen atoms in total. The Labute approximate surface area is 194 Å². The van der Waals surface area contributed by atoms with Crippen LogP contribution in [0.25, 0.3) is 0 Å². The molecule has 3 aromatic rings. The first-order valence-corrected chi connectivity index (χ1v) is 12.1. The number of rotatable bonds is 7. The minimum Gasteiger partial charge on any atom is -0.490 e. The summed E-state index contributed by atoms with van der Waals surface area (Å²) >= 11 is 5.15. The fourth-order valence-corrected chi connectivity index (χ4v) is 5.26. The van der Waals surface area contributed by atoms with E-state index in [2.05, 4.69) is 21.2 Å². The number of nitrogens with zero attached hydrogens (tertiary/aromatic N) is 1. The van der Waals surface area contributed by atoms with Gasteiger partial charge in [0, 0.05) is 21.1 Å². The molecule has 0 radical (unpaired) electrons. The standard InChI is InChI=1S/C24H25BrN2O3S/c1-15(2)30-20-10-9-17(25)12-16(20)13-27-24-22(19-7-3-4-8-21(19)31-24)23(28)26-14-18-6-5-11-29-18/h5-6,9-13,15H,3-4,7-8,14H2,1-2H3,(H,26,28). The molecule has 2 heterocycles. The van der Waals surface area contributed by atoms with Crippen molar-refractivity contribution in [1.29, 1.82) is 0 Å². The van der Waals surface area contributed by atoms with Crippen LogP contribution in [0.5, 0.6) is 5.75 Å². The van der Waals surface area contributed by atoms with Crippen molar-refractivity contribution in [3.63, 3.8) is 0 Å². The van der Waals surface area contributed by atoms with Crippen molar-refractivity contribution in [3.05, 3.63) is 68.4 Å². The van der Waals surface area contributed by atoms with Gasteiger partial charge in [0.1, 0.15) is 16.5 Å². The van der Waals surface area contributed by atoms with Crippen molar-refractivity contribution in [3.8, 4) is 5.75 Å². The zero-order valence-corrected chi connectivity index (χ0v) is 20.0. The van der Waals surface area contributed by atoms with Crippen molar-refractivity contribution in [2.75, 3.05) is 0 Å². The van der Waals surface area contributed by atoms with E-state index < -0.39 is 0 Å². The largest absolute Gasteiger partial charge is 0.490 e. The number of halogens is 1. The molecule has 0 spiro atoms. The molecule has 7 heteroatoms. The van der Waals surface area contributed by atoms with Crippen LogP contribution in [0.15, 0.2) is 50.5 Å². The summed E-state index contributed by atoms with van der Waals surface area (Å²) in [6.07, 6.45) is 7.65. The van der Waals surface area contributed by atoms with E-state index in [1.54, 1.807) is 23.8 Å². The normalized spacial score (nSPS) is 13.5. The number of aryl methyl sites for hydroxylation is 1. The predicted molar refractivity (Wildman–Crippen MR) is 128 cm³/mol. The van der Waals surface area contributed by atoms with E-state index in [0.29, 0.717) is 12.1 Å². The van der Waals surface area contributed by atoms with Crippen LogP contribution in [0.3, 0.4) is 0 Å². The summed E-state index contributed by atoms with van der Waals surface area (Å²) in [5.74, 6) is 1.40. The molecule has 0 unspecified atom stereocenters. The molecule has 0 atom stereocenters. The number of carbonyl (C=O) groups excluding carboxylic acids is 1. The highest BCUT2D eigenvalue weighted by Crippen LogP contribution is 2.40. The molecule has 0 aliphatic heterocycles. The van der Waals surface area contributed by atoms with Crippen LogP contribution in [-0.2, 0) is 19.4 Å². The van der Waals surface area contributed by atoms with Gasteiger partial charge in [0.2, 0.25) is 0 Å². The molecule has 0 bridgehead atoms. The summed E-state index contributed by atoms with van der Waals surface area (Å²) in [5, 5.41) is 3.74. The van der Waals surface area contributed by atoms with Crippen molar-refractivity contribution in [1.82, 2.24) is 5.32 Å². The van der Waals surface area contributed by atoms with Crippen molar-refractivity contribution in [2.45, 2.75) is 52.2 Å². The van der Waals surface area contributed by atoms with Crippen LogP contribution in [-0.4, -0.2) is 18.2 Å². The summed E-state index contributed by atoms with van der Waals surface area (Å²) in [5.41, 5.74) is 2.72. The van der Waals surface area contributed by atoms with Gasteiger partial charge in [-0.05, 0) is 75.4 Å². The number of hydrogen-bond donors (Lipinski definition) is 1. The van der Waals surface area contributed by atoms with Gasteiger partial charge in [-0.25, -0.2) is 4.99 Å². The highest BCUT2D eigenvalue weighted by atomic mass is 79.9. The molecule has 162 valence electrons. The second kappa shape index (κ2) is 9.83. The maximum Gasteiger partial charge on any atom is 0.255 e. The van der Waals surface area contributed by atoms with Crippen LogP contribution in [0.1, 0.15) is 58.8 Å². The van der Waals surface area contributed by atoms with E-state index in [-0.39, 0.29) is 12.0 Å². The number of hydrogen-bond acceptors (Lipinski definition) is 5. The lowest BCUT2D eigenvalue weighted by Crippen LogP contribution is -2.23. The Bertz CT molecular complexity index is 1090. The van der Waals surface area contributed by atoms with Crippen LogP contribution in [0, 0.1) is 0 Å². The van der Waals surface area contributed by atoms with E-state index in [0.717, 1.165) is 57.8 Å². The van der Waals surface area contributed by atoms with E-state index in [1.165, 1.54) is 4.88 Å². The monoisotopic (exact) mass is 500 g/mol. The van der Waals surface area contributed by atoms with Gasteiger partial charge >= 0.3 is 0 Å². The van der Waals surface area contributed by atoms with Gasteiger partial charge in [-0.2, -0.15) is 0 Å². The lowest BCUT2D eigenvalue weighted by Gasteiger charge is -2.13. The fourth-order valence-electron chi connectivity index (χ4n) is 3.66. The van der Waals surface area contributed by atoms with Crippen LogP contribution < -0.4 is 10.1 Å². The number of fused-ring (bicyclic) bond motifs is 1. The molecule has 2 aromatic heterocycles. The topological polar surface area (TPSA) is 63.8 Å². The Balaban J connectivity index is 1.65. The van der Waals surface area contributed by atoms with Crippen LogP contribution in [0.2, 0.25) is 0 Å². The number of thiophene rings is 1. The SMILES string of the molecule is CC(C)Oc1ccc(Br)cc1C=Nc1sc2c(c1C(=O)NCc1ccco1)CCCC2. The molecular weight excluding hydrogens is 476 g/mol. The summed E-state index contributed by atoms with van der Waals surface area (Å²) < 4.78 is 12.2. The van der Waals surface area contributed by atoms with Gasteiger partial charge in [-0.3, -0.25) is 4.79 Å². The molecule has 1 aromatic carbocycles. The number of ether oxygens (including phenoxy) is 1. The van der Waals surface area contributed by atoms with E-state index in [9.17, 15) is 4.79 Å². The number of carbonyl (C=O) groups is 1. The Morgan fingerprint density at radius 1 is 1.32 bits per heavy atom. The molecule has 1 amide bonds.